The van der Waals surface area contributed by atoms with Crippen molar-refractivity contribution in [3.63, 3.8) is 0 Å². The number of nitriles is 1. The van der Waals surface area contributed by atoms with Crippen molar-refractivity contribution in [2.24, 2.45) is 5.41 Å². The van der Waals surface area contributed by atoms with Crippen LogP contribution >= 0.6 is 0 Å². The Morgan fingerprint density at radius 2 is 2.19 bits per heavy atom. The minimum atomic E-state index is -0.0953. The number of nitrogens with zero attached hydrogens (tertiary/aromatic N) is 3. The molecule has 4 heteroatoms. The second-order valence-corrected chi connectivity index (χ2v) is 5.95. The van der Waals surface area contributed by atoms with Crippen LogP contribution in [0.5, 0.6) is 0 Å². The molecule has 0 radical (unpaired) electrons. The van der Waals surface area contributed by atoms with E-state index in [0.29, 0.717) is 31.0 Å². The summed E-state index contributed by atoms with van der Waals surface area (Å²) in [6, 6.07) is 10.5. The highest BCUT2D eigenvalue weighted by atomic mass is 16.5. The van der Waals surface area contributed by atoms with E-state index < -0.39 is 0 Å². The van der Waals surface area contributed by atoms with E-state index >= 15 is 0 Å². The molecule has 0 spiro atoms. The van der Waals surface area contributed by atoms with Gasteiger partial charge in [-0.25, -0.2) is 0 Å². The maximum atomic E-state index is 8.92. The SMILES string of the molecule is CCC(C)(CC#N)Cc1nc(Cc2cccc(C)c2)no1. The third-order valence-electron chi connectivity index (χ3n) is 3.89. The predicted molar refractivity (Wildman–Crippen MR) is 80.6 cm³/mol. The third-order valence-corrected chi connectivity index (χ3v) is 3.89. The molecule has 1 unspecified atom stereocenters. The zero-order valence-electron chi connectivity index (χ0n) is 12.9. The van der Waals surface area contributed by atoms with Crippen molar-refractivity contribution in [3.05, 3.63) is 47.1 Å². The van der Waals surface area contributed by atoms with Gasteiger partial charge in [0.1, 0.15) is 0 Å². The van der Waals surface area contributed by atoms with Crippen molar-refractivity contribution in [2.75, 3.05) is 0 Å². The van der Waals surface area contributed by atoms with E-state index in [2.05, 4.69) is 55.2 Å². The molecule has 0 saturated carbocycles. The van der Waals surface area contributed by atoms with Gasteiger partial charge in [0, 0.05) is 19.3 Å². The predicted octanol–water partition coefficient (Wildman–Crippen LogP) is 3.84. The fourth-order valence-electron chi connectivity index (χ4n) is 2.31. The van der Waals surface area contributed by atoms with Gasteiger partial charge < -0.3 is 4.52 Å². The summed E-state index contributed by atoms with van der Waals surface area (Å²) in [5, 5.41) is 13.0. The van der Waals surface area contributed by atoms with E-state index in [1.165, 1.54) is 11.1 Å². The molecular formula is C17H21N3O. The summed E-state index contributed by atoms with van der Waals surface area (Å²) < 4.78 is 5.34. The zero-order valence-corrected chi connectivity index (χ0v) is 12.9. The van der Waals surface area contributed by atoms with Gasteiger partial charge in [0.2, 0.25) is 5.89 Å². The first-order valence-electron chi connectivity index (χ1n) is 7.28. The molecule has 1 aromatic heterocycles. The lowest BCUT2D eigenvalue weighted by Crippen LogP contribution is -2.18. The van der Waals surface area contributed by atoms with Gasteiger partial charge in [0.05, 0.1) is 6.07 Å². The first kappa shape index (κ1) is 15.2. The van der Waals surface area contributed by atoms with Crippen molar-refractivity contribution in [1.82, 2.24) is 10.1 Å². The van der Waals surface area contributed by atoms with Crippen molar-refractivity contribution in [2.45, 2.75) is 46.5 Å². The van der Waals surface area contributed by atoms with Gasteiger partial charge in [-0.2, -0.15) is 10.2 Å². The fraction of sp³-hybridized carbons (Fsp3) is 0.471. The largest absolute Gasteiger partial charge is 0.339 e. The lowest BCUT2D eigenvalue weighted by atomic mass is 9.81. The lowest BCUT2D eigenvalue weighted by Gasteiger charge is -2.22. The number of benzene rings is 1. The summed E-state index contributed by atoms with van der Waals surface area (Å²) in [4.78, 5) is 4.46. The first-order valence-corrected chi connectivity index (χ1v) is 7.28. The Labute approximate surface area is 125 Å². The monoisotopic (exact) mass is 283 g/mol. The second-order valence-electron chi connectivity index (χ2n) is 5.95. The smallest absolute Gasteiger partial charge is 0.227 e. The molecule has 0 N–H and O–H groups in total. The van der Waals surface area contributed by atoms with Gasteiger partial charge in [0.15, 0.2) is 5.82 Å². The number of aromatic nitrogens is 2. The van der Waals surface area contributed by atoms with Crippen LogP contribution in [0.3, 0.4) is 0 Å². The molecule has 1 heterocycles. The van der Waals surface area contributed by atoms with Crippen LogP contribution in [0.25, 0.3) is 0 Å². The average Bonchev–Trinajstić information content (AvgIpc) is 2.86. The van der Waals surface area contributed by atoms with Crippen LogP contribution in [-0.4, -0.2) is 10.1 Å². The van der Waals surface area contributed by atoms with E-state index in [4.69, 9.17) is 9.78 Å². The van der Waals surface area contributed by atoms with E-state index in [1.54, 1.807) is 0 Å². The number of aryl methyl sites for hydroxylation is 1. The summed E-state index contributed by atoms with van der Waals surface area (Å²) in [6.45, 7) is 6.24. The summed E-state index contributed by atoms with van der Waals surface area (Å²) in [5.74, 6) is 1.32. The molecule has 21 heavy (non-hydrogen) atoms. The number of hydrogen-bond donors (Lipinski definition) is 0. The maximum absolute atomic E-state index is 8.92. The van der Waals surface area contributed by atoms with Crippen LogP contribution in [0.15, 0.2) is 28.8 Å². The van der Waals surface area contributed by atoms with Crippen molar-refractivity contribution in [1.29, 1.82) is 5.26 Å². The third kappa shape index (κ3) is 4.16. The Hall–Kier alpha value is -2.15. The minimum Gasteiger partial charge on any atom is -0.339 e. The van der Waals surface area contributed by atoms with Crippen molar-refractivity contribution >= 4 is 0 Å². The second kappa shape index (κ2) is 6.53. The molecule has 0 saturated heterocycles. The van der Waals surface area contributed by atoms with Gasteiger partial charge in [-0.15, -0.1) is 0 Å². The van der Waals surface area contributed by atoms with E-state index in [0.717, 1.165) is 6.42 Å². The van der Waals surface area contributed by atoms with Crippen molar-refractivity contribution in [3.8, 4) is 6.07 Å². The van der Waals surface area contributed by atoms with E-state index in [-0.39, 0.29) is 5.41 Å². The van der Waals surface area contributed by atoms with Gasteiger partial charge in [-0.1, -0.05) is 48.8 Å². The summed E-state index contributed by atoms with van der Waals surface area (Å²) in [7, 11) is 0. The molecule has 0 aliphatic carbocycles. The molecule has 4 nitrogen and oxygen atoms in total. The maximum Gasteiger partial charge on any atom is 0.227 e. The van der Waals surface area contributed by atoms with Crippen molar-refractivity contribution < 1.29 is 4.52 Å². The Kier molecular flexibility index (Phi) is 4.74. The Balaban J connectivity index is 2.06. The molecule has 0 amide bonds. The molecule has 1 aromatic carbocycles. The van der Waals surface area contributed by atoms with E-state index in [1.807, 2.05) is 6.07 Å². The summed E-state index contributed by atoms with van der Waals surface area (Å²) >= 11 is 0. The van der Waals surface area contributed by atoms with Gasteiger partial charge in [-0.3, -0.25) is 0 Å². The lowest BCUT2D eigenvalue weighted by molar-refractivity contribution is 0.265. The Morgan fingerprint density at radius 1 is 1.38 bits per heavy atom. The molecule has 2 aromatic rings. The van der Waals surface area contributed by atoms with Gasteiger partial charge in [0.25, 0.3) is 0 Å². The molecule has 110 valence electrons. The molecule has 1 atom stereocenters. The quantitative estimate of drug-likeness (QED) is 0.808. The normalized spacial score (nSPS) is 13.6. The van der Waals surface area contributed by atoms with Crippen LogP contribution in [-0.2, 0) is 12.8 Å². The molecule has 0 bridgehead atoms. The fourth-order valence-corrected chi connectivity index (χ4v) is 2.31. The molecule has 0 aliphatic rings. The van der Waals surface area contributed by atoms with Crippen LogP contribution < -0.4 is 0 Å². The standard InChI is InChI=1S/C17H21N3O/c1-4-17(3,8-9-18)12-16-19-15(20-21-16)11-14-7-5-6-13(2)10-14/h5-7,10H,4,8,11-12H2,1-3H3. The summed E-state index contributed by atoms with van der Waals surface area (Å²) in [6.07, 6.45) is 2.74. The van der Waals surface area contributed by atoms with Crippen LogP contribution in [0.1, 0.15) is 49.5 Å². The Morgan fingerprint density at radius 3 is 2.86 bits per heavy atom. The molecule has 0 fully saturated rings. The van der Waals surface area contributed by atoms with Gasteiger partial charge in [-0.05, 0) is 24.3 Å². The molecular weight excluding hydrogens is 262 g/mol. The molecule has 2 rings (SSSR count). The zero-order chi connectivity index (χ0) is 15.3. The average molecular weight is 283 g/mol. The van der Waals surface area contributed by atoms with Gasteiger partial charge >= 0.3 is 0 Å². The summed E-state index contributed by atoms with van der Waals surface area (Å²) in [5.41, 5.74) is 2.31. The molecule has 0 aliphatic heterocycles. The number of hydrogen-bond acceptors (Lipinski definition) is 4. The van der Waals surface area contributed by atoms with E-state index in [9.17, 15) is 0 Å². The van der Waals surface area contributed by atoms with Crippen LogP contribution in [0, 0.1) is 23.7 Å². The van der Waals surface area contributed by atoms with Crippen LogP contribution in [0.2, 0.25) is 0 Å². The van der Waals surface area contributed by atoms with Crippen LogP contribution in [0.4, 0.5) is 0 Å². The highest BCUT2D eigenvalue weighted by Crippen LogP contribution is 2.29. The first-order chi connectivity index (χ1) is 10.0. The highest BCUT2D eigenvalue weighted by molar-refractivity contribution is 5.24. The highest BCUT2D eigenvalue weighted by Gasteiger charge is 2.25. The number of rotatable bonds is 6. The topological polar surface area (TPSA) is 62.7 Å². The Bertz CT molecular complexity index is 641. The minimum absolute atomic E-state index is 0.0953.